The molecule has 4 nitrogen and oxygen atoms in total. The molecule has 0 saturated carbocycles. The standard InChI is InChI=1S/C21H20BrNO3S2/c1-11-5-13(3)15(6-12(11)2)10-26-19-16(22)7-14(8-17(19)25-4)9-18-20(24)23-21(27)28-18/h5-9H,10H2,1-4H3,(H,23,24,27)/b18-9+. The quantitative estimate of drug-likeness (QED) is 0.458. The molecule has 3 rings (SSSR count). The maximum atomic E-state index is 11.9. The monoisotopic (exact) mass is 477 g/mol. The summed E-state index contributed by atoms with van der Waals surface area (Å²) in [5, 5.41) is 2.61. The molecule has 1 aliphatic rings. The van der Waals surface area contributed by atoms with Crippen LogP contribution < -0.4 is 14.8 Å². The highest BCUT2D eigenvalue weighted by Crippen LogP contribution is 2.38. The van der Waals surface area contributed by atoms with Gasteiger partial charge in [0.15, 0.2) is 11.5 Å². The van der Waals surface area contributed by atoms with Crippen LogP contribution in [0.1, 0.15) is 27.8 Å². The molecule has 0 radical (unpaired) electrons. The van der Waals surface area contributed by atoms with Crippen molar-refractivity contribution in [3.05, 3.63) is 61.5 Å². The number of nitrogens with one attached hydrogen (secondary N) is 1. The first-order chi connectivity index (χ1) is 13.3. The fourth-order valence-corrected chi connectivity index (χ4v) is 4.48. The van der Waals surface area contributed by atoms with Gasteiger partial charge in [0.05, 0.1) is 16.5 Å². The van der Waals surface area contributed by atoms with Crippen LogP contribution in [0.5, 0.6) is 11.5 Å². The Bertz CT molecular complexity index is 1000. The molecule has 0 atom stereocenters. The van der Waals surface area contributed by atoms with Gasteiger partial charge in [-0.25, -0.2) is 0 Å². The summed E-state index contributed by atoms with van der Waals surface area (Å²) in [4.78, 5) is 12.4. The molecule has 0 unspecified atom stereocenters. The minimum absolute atomic E-state index is 0.185. The molecule has 1 saturated heterocycles. The summed E-state index contributed by atoms with van der Waals surface area (Å²) in [6.45, 7) is 6.73. The normalized spacial score (nSPS) is 15.1. The molecule has 0 aliphatic carbocycles. The van der Waals surface area contributed by atoms with Crippen LogP contribution >= 0.6 is 39.9 Å². The number of carbonyl (C=O) groups excluding carboxylic acids is 1. The van der Waals surface area contributed by atoms with E-state index >= 15 is 0 Å². The van der Waals surface area contributed by atoms with Gasteiger partial charge >= 0.3 is 0 Å². The first-order valence-corrected chi connectivity index (χ1v) is 10.6. The van der Waals surface area contributed by atoms with Gasteiger partial charge in [-0.05, 0) is 82.7 Å². The maximum Gasteiger partial charge on any atom is 0.263 e. The largest absolute Gasteiger partial charge is 0.493 e. The summed E-state index contributed by atoms with van der Waals surface area (Å²) in [6, 6.07) is 8.07. The Morgan fingerprint density at radius 2 is 1.86 bits per heavy atom. The van der Waals surface area contributed by atoms with Crippen molar-refractivity contribution in [3.8, 4) is 11.5 Å². The van der Waals surface area contributed by atoms with Gasteiger partial charge in [-0.1, -0.05) is 36.1 Å². The van der Waals surface area contributed by atoms with Gasteiger partial charge in [-0.15, -0.1) is 0 Å². The molecule has 28 heavy (non-hydrogen) atoms. The highest BCUT2D eigenvalue weighted by molar-refractivity contribution is 9.10. The van der Waals surface area contributed by atoms with Crippen LogP contribution in [0.15, 0.2) is 33.6 Å². The fraction of sp³-hybridized carbons (Fsp3) is 0.238. The van der Waals surface area contributed by atoms with Crippen molar-refractivity contribution < 1.29 is 14.3 Å². The van der Waals surface area contributed by atoms with Crippen molar-refractivity contribution >= 4 is 56.2 Å². The van der Waals surface area contributed by atoms with Gasteiger partial charge in [-0.3, -0.25) is 4.79 Å². The average molecular weight is 478 g/mol. The van der Waals surface area contributed by atoms with Gasteiger partial charge in [0.1, 0.15) is 10.9 Å². The Balaban J connectivity index is 1.86. The molecule has 1 N–H and O–H groups in total. The lowest BCUT2D eigenvalue weighted by Crippen LogP contribution is -2.17. The van der Waals surface area contributed by atoms with Crippen LogP contribution in [0.3, 0.4) is 0 Å². The zero-order valence-electron chi connectivity index (χ0n) is 16.0. The zero-order valence-corrected chi connectivity index (χ0v) is 19.2. The molecular formula is C21H20BrNO3S2. The lowest BCUT2D eigenvalue weighted by atomic mass is 10.0. The van der Waals surface area contributed by atoms with Crippen molar-refractivity contribution in [2.24, 2.45) is 0 Å². The summed E-state index contributed by atoms with van der Waals surface area (Å²) >= 11 is 9.84. The SMILES string of the molecule is COc1cc(/C=C2/SC(=S)NC2=O)cc(Br)c1OCc1cc(C)c(C)cc1C. The van der Waals surface area contributed by atoms with Crippen LogP contribution in [-0.2, 0) is 11.4 Å². The molecule has 7 heteroatoms. The minimum Gasteiger partial charge on any atom is -0.493 e. The zero-order chi connectivity index (χ0) is 20.4. The number of hydrogen-bond acceptors (Lipinski definition) is 5. The van der Waals surface area contributed by atoms with Crippen molar-refractivity contribution in [3.63, 3.8) is 0 Å². The average Bonchev–Trinajstić information content (AvgIpc) is 2.94. The number of hydrogen-bond donors (Lipinski definition) is 1. The Labute approximate surface area is 182 Å². The number of benzene rings is 2. The lowest BCUT2D eigenvalue weighted by Gasteiger charge is -2.15. The third-order valence-electron chi connectivity index (χ3n) is 4.52. The number of amides is 1. The highest BCUT2D eigenvalue weighted by Gasteiger charge is 2.22. The molecule has 1 aliphatic heterocycles. The van der Waals surface area contributed by atoms with Crippen LogP contribution in [0.25, 0.3) is 6.08 Å². The predicted molar refractivity (Wildman–Crippen MR) is 122 cm³/mol. The van der Waals surface area contributed by atoms with E-state index in [-0.39, 0.29) is 5.91 Å². The Morgan fingerprint density at radius 1 is 1.14 bits per heavy atom. The summed E-state index contributed by atoms with van der Waals surface area (Å²) in [5.41, 5.74) is 5.66. The molecule has 146 valence electrons. The van der Waals surface area contributed by atoms with E-state index in [1.807, 2.05) is 12.1 Å². The van der Waals surface area contributed by atoms with Crippen molar-refractivity contribution in [2.75, 3.05) is 7.11 Å². The first-order valence-electron chi connectivity index (χ1n) is 8.60. The second-order valence-corrected chi connectivity index (χ2v) is 9.11. The van der Waals surface area contributed by atoms with Gasteiger partial charge in [-0.2, -0.15) is 0 Å². The molecule has 2 aromatic rings. The number of aryl methyl sites for hydroxylation is 3. The molecule has 2 aromatic carbocycles. The third kappa shape index (κ3) is 4.59. The van der Waals surface area contributed by atoms with E-state index in [4.69, 9.17) is 21.7 Å². The molecule has 0 spiro atoms. The van der Waals surface area contributed by atoms with Gasteiger partial charge in [0, 0.05) is 0 Å². The Kier molecular flexibility index (Phi) is 6.47. The van der Waals surface area contributed by atoms with Crippen LogP contribution in [0.4, 0.5) is 0 Å². The number of thiocarbonyl (C=S) groups is 1. The molecule has 1 amide bonds. The van der Waals surface area contributed by atoms with E-state index < -0.39 is 0 Å². The summed E-state index contributed by atoms with van der Waals surface area (Å²) in [7, 11) is 1.60. The molecular weight excluding hydrogens is 458 g/mol. The van der Waals surface area contributed by atoms with Crippen molar-refractivity contribution in [1.29, 1.82) is 0 Å². The number of thioether (sulfide) groups is 1. The topological polar surface area (TPSA) is 47.6 Å². The molecule has 0 aromatic heterocycles. The Morgan fingerprint density at radius 3 is 2.50 bits per heavy atom. The summed E-state index contributed by atoms with van der Waals surface area (Å²) in [5.74, 6) is 1.03. The summed E-state index contributed by atoms with van der Waals surface area (Å²) in [6.07, 6.45) is 1.78. The predicted octanol–water partition coefficient (Wildman–Crippen LogP) is 5.45. The Hall–Kier alpha value is -1.83. The van der Waals surface area contributed by atoms with Crippen LogP contribution in [0.2, 0.25) is 0 Å². The maximum absolute atomic E-state index is 11.9. The van der Waals surface area contributed by atoms with Crippen LogP contribution in [-0.4, -0.2) is 17.3 Å². The van der Waals surface area contributed by atoms with E-state index in [2.05, 4.69) is 54.2 Å². The second-order valence-electron chi connectivity index (χ2n) is 6.54. The van der Waals surface area contributed by atoms with E-state index in [0.717, 1.165) is 15.6 Å². The molecule has 0 bridgehead atoms. The van der Waals surface area contributed by atoms with Crippen molar-refractivity contribution in [1.82, 2.24) is 5.32 Å². The second kappa shape index (κ2) is 8.68. The fourth-order valence-electron chi connectivity index (χ4n) is 2.86. The first kappa shape index (κ1) is 20.9. The molecule has 1 heterocycles. The number of carbonyl (C=O) groups is 1. The minimum atomic E-state index is -0.185. The third-order valence-corrected chi connectivity index (χ3v) is 6.27. The van der Waals surface area contributed by atoms with Crippen molar-refractivity contribution in [2.45, 2.75) is 27.4 Å². The van der Waals surface area contributed by atoms with Crippen LogP contribution in [0, 0.1) is 20.8 Å². The molecule has 1 fully saturated rings. The summed E-state index contributed by atoms with van der Waals surface area (Å²) < 4.78 is 12.8. The van der Waals surface area contributed by atoms with Gasteiger partial charge in [0.25, 0.3) is 5.91 Å². The van der Waals surface area contributed by atoms with E-state index in [1.54, 1.807) is 13.2 Å². The van der Waals surface area contributed by atoms with Gasteiger partial charge in [0.2, 0.25) is 0 Å². The highest BCUT2D eigenvalue weighted by atomic mass is 79.9. The smallest absolute Gasteiger partial charge is 0.263 e. The van der Waals surface area contributed by atoms with Gasteiger partial charge < -0.3 is 14.8 Å². The van der Waals surface area contributed by atoms with E-state index in [1.165, 1.54) is 28.5 Å². The number of halogens is 1. The number of rotatable bonds is 5. The van der Waals surface area contributed by atoms with E-state index in [0.29, 0.717) is 27.3 Å². The number of ether oxygens (including phenoxy) is 2. The van der Waals surface area contributed by atoms with E-state index in [9.17, 15) is 4.79 Å². The number of methoxy groups -OCH3 is 1. The lowest BCUT2D eigenvalue weighted by molar-refractivity contribution is -0.115.